The first-order chi connectivity index (χ1) is 15.0. The summed E-state index contributed by atoms with van der Waals surface area (Å²) in [5.74, 6) is 0. The van der Waals surface area contributed by atoms with E-state index in [1.165, 1.54) is 16.7 Å². The second-order valence-electron chi connectivity index (χ2n) is 7.05. The van der Waals surface area contributed by atoms with E-state index in [9.17, 15) is 19.7 Å². The fraction of sp³-hybridized carbons (Fsp3) is 0.0435. The lowest BCUT2D eigenvalue weighted by Crippen LogP contribution is -2.38. The van der Waals surface area contributed by atoms with Crippen molar-refractivity contribution in [1.82, 2.24) is 9.13 Å². The van der Waals surface area contributed by atoms with Crippen LogP contribution in [0.25, 0.3) is 27.8 Å². The third-order valence-corrected chi connectivity index (χ3v) is 5.14. The molecule has 5 rings (SSSR count). The minimum Gasteiger partial charge on any atom is -0.449 e. The van der Waals surface area contributed by atoms with Gasteiger partial charge in [0.1, 0.15) is 11.1 Å². The predicted octanol–water partition coefficient (Wildman–Crippen LogP) is 3.86. The fourth-order valence-electron chi connectivity index (χ4n) is 3.75. The SMILES string of the molecule is O=c1c2oc3ccccc3c2n(Cc2cccc([N+](=O)[O-])c2)c(=O)n1-c1ccccc1. The summed E-state index contributed by atoms with van der Waals surface area (Å²) in [6.07, 6.45) is 0. The Morgan fingerprint density at radius 2 is 1.65 bits per heavy atom. The van der Waals surface area contributed by atoms with Gasteiger partial charge in [0.15, 0.2) is 0 Å². The van der Waals surface area contributed by atoms with Crippen molar-refractivity contribution in [3.05, 3.63) is 115 Å². The van der Waals surface area contributed by atoms with Gasteiger partial charge in [-0.1, -0.05) is 42.5 Å². The molecule has 0 atom stereocenters. The largest absolute Gasteiger partial charge is 0.449 e. The summed E-state index contributed by atoms with van der Waals surface area (Å²) < 4.78 is 8.32. The maximum absolute atomic E-state index is 13.5. The zero-order chi connectivity index (χ0) is 21.5. The van der Waals surface area contributed by atoms with Crippen LogP contribution in [-0.4, -0.2) is 14.1 Å². The van der Waals surface area contributed by atoms with Crippen LogP contribution >= 0.6 is 0 Å². The monoisotopic (exact) mass is 413 g/mol. The number of aromatic nitrogens is 2. The normalized spacial score (nSPS) is 11.2. The Bertz CT molecular complexity index is 1580. The molecule has 0 N–H and O–H groups in total. The van der Waals surface area contributed by atoms with Crippen molar-refractivity contribution < 1.29 is 9.34 Å². The van der Waals surface area contributed by atoms with Crippen LogP contribution in [0.15, 0.2) is 92.9 Å². The van der Waals surface area contributed by atoms with Crippen LogP contribution in [0, 0.1) is 10.1 Å². The van der Waals surface area contributed by atoms with Gasteiger partial charge in [-0.05, 0) is 29.8 Å². The third-order valence-electron chi connectivity index (χ3n) is 5.14. The van der Waals surface area contributed by atoms with Gasteiger partial charge in [-0.25, -0.2) is 9.36 Å². The standard InChI is InChI=1S/C23H15N3O5/c27-22-21-20(18-11-4-5-12-19(18)31-21)24(14-15-7-6-10-17(13-15)26(29)30)23(28)25(22)16-8-2-1-3-9-16/h1-13H,14H2. The number of non-ortho nitro benzene ring substituents is 1. The Kier molecular flexibility index (Phi) is 4.25. The molecular weight excluding hydrogens is 398 g/mol. The summed E-state index contributed by atoms with van der Waals surface area (Å²) >= 11 is 0. The van der Waals surface area contributed by atoms with Crippen molar-refractivity contribution in [2.24, 2.45) is 0 Å². The number of fused-ring (bicyclic) bond motifs is 3. The van der Waals surface area contributed by atoms with Gasteiger partial charge in [-0.15, -0.1) is 0 Å². The van der Waals surface area contributed by atoms with Crippen LogP contribution in [0.3, 0.4) is 0 Å². The first-order valence-corrected chi connectivity index (χ1v) is 9.50. The van der Waals surface area contributed by atoms with Crippen molar-refractivity contribution in [1.29, 1.82) is 0 Å². The molecule has 8 heteroatoms. The number of hydrogen-bond acceptors (Lipinski definition) is 5. The average Bonchev–Trinajstić information content (AvgIpc) is 3.18. The molecule has 0 saturated carbocycles. The number of nitrogens with zero attached hydrogens (tertiary/aromatic N) is 3. The highest BCUT2D eigenvalue weighted by atomic mass is 16.6. The molecule has 2 heterocycles. The van der Waals surface area contributed by atoms with E-state index in [1.807, 2.05) is 0 Å². The molecule has 31 heavy (non-hydrogen) atoms. The molecule has 8 nitrogen and oxygen atoms in total. The van der Waals surface area contributed by atoms with E-state index in [1.54, 1.807) is 66.7 Å². The van der Waals surface area contributed by atoms with E-state index in [0.29, 0.717) is 27.7 Å². The highest BCUT2D eigenvalue weighted by Gasteiger charge is 2.21. The van der Waals surface area contributed by atoms with E-state index in [2.05, 4.69) is 0 Å². The van der Waals surface area contributed by atoms with Gasteiger partial charge in [0, 0.05) is 17.5 Å². The highest BCUT2D eigenvalue weighted by molar-refractivity contribution is 6.02. The molecule has 0 amide bonds. The van der Waals surface area contributed by atoms with Crippen molar-refractivity contribution in [3.63, 3.8) is 0 Å². The Morgan fingerprint density at radius 1 is 0.903 bits per heavy atom. The van der Waals surface area contributed by atoms with Crippen LogP contribution in [-0.2, 0) is 6.54 Å². The van der Waals surface area contributed by atoms with Gasteiger partial charge < -0.3 is 4.42 Å². The Hall–Kier alpha value is -4.46. The maximum Gasteiger partial charge on any atom is 0.336 e. The first kappa shape index (κ1) is 18.6. The fourth-order valence-corrected chi connectivity index (χ4v) is 3.75. The van der Waals surface area contributed by atoms with E-state index < -0.39 is 16.2 Å². The summed E-state index contributed by atoms with van der Waals surface area (Å²) in [6.45, 7) is 0.0354. The van der Waals surface area contributed by atoms with Crippen molar-refractivity contribution in [2.75, 3.05) is 0 Å². The van der Waals surface area contributed by atoms with Crippen LogP contribution in [0.2, 0.25) is 0 Å². The number of nitro benzene ring substituents is 1. The molecule has 5 aromatic rings. The Labute approximate surface area is 174 Å². The lowest BCUT2D eigenvalue weighted by molar-refractivity contribution is -0.384. The van der Waals surface area contributed by atoms with Gasteiger partial charge in [-0.3, -0.25) is 19.5 Å². The molecular formula is C23H15N3O5. The van der Waals surface area contributed by atoms with Crippen LogP contribution in [0.5, 0.6) is 0 Å². The number of hydrogen-bond donors (Lipinski definition) is 0. The van der Waals surface area contributed by atoms with Crippen LogP contribution < -0.4 is 11.2 Å². The molecule has 0 unspecified atom stereocenters. The van der Waals surface area contributed by atoms with Crippen LogP contribution in [0.4, 0.5) is 5.69 Å². The summed E-state index contributed by atoms with van der Waals surface area (Å²) in [5, 5.41) is 11.8. The summed E-state index contributed by atoms with van der Waals surface area (Å²) in [4.78, 5) is 37.4. The maximum atomic E-state index is 13.5. The number of nitro groups is 1. The highest BCUT2D eigenvalue weighted by Crippen LogP contribution is 2.26. The smallest absolute Gasteiger partial charge is 0.336 e. The van der Waals surface area contributed by atoms with Crippen LogP contribution in [0.1, 0.15) is 5.56 Å². The molecule has 0 radical (unpaired) electrons. The van der Waals surface area contributed by atoms with Gasteiger partial charge in [-0.2, -0.15) is 0 Å². The predicted molar refractivity (Wildman–Crippen MR) is 116 cm³/mol. The molecule has 0 aliphatic heterocycles. The number of rotatable bonds is 4. The van der Waals surface area contributed by atoms with E-state index >= 15 is 0 Å². The van der Waals surface area contributed by atoms with E-state index in [-0.39, 0.29) is 17.8 Å². The van der Waals surface area contributed by atoms with Gasteiger partial charge in [0.2, 0.25) is 5.58 Å². The second-order valence-corrected chi connectivity index (χ2v) is 7.05. The van der Waals surface area contributed by atoms with Gasteiger partial charge in [0.25, 0.3) is 5.69 Å². The number of para-hydroxylation sites is 2. The first-order valence-electron chi connectivity index (χ1n) is 9.50. The second kappa shape index (κ2) is 7.10. The lowest BCUT2D eigenvalue weighted by Gasteiger charge is -2.12. The molecule has 152 valence electrons. The zero-order valence-corrected chi connectivity index (χ0v) is 16.1. The summed E-state index contributed by atoms with van der Waals surface area (Å²) in [7, 11) is 0. The molecule has 3 aromatic carbocycles. The number of benzene rings is 3. The van der Waals surface area contributed by atoms with Gasteiger partial charge in [0.05, 0.1) is 17.2 Å². The van der Waals surface area contributed by atoms with E-state index in [4.69, 9.17) is 4.42 Å². The van der Waals surface area contributed by atoms with Crippen molar-refractivity contribution in [2.45, 2.75) is 6.54 Å². The zero-order valence-electron chi connectivity index (χ0n) is 16.1. The molecule has 0 fully saturated rings. The van der Waals surface area contributed by atoms with Crippen molar-refractivity contribution in [3.8, 4) is 5.69 Å². The van der Waals surface area contributed by atoms with E-state index in [0.717, 1.165) is 4.57 Å². The topological polar surface area (TPSA) is 100 Å². The summed E-state index contributed by atoms with van der Waals surface area (Å²) in [5.41, 5.74) is 0.676. The quantitative estimate of drug-likeness (QED) is 0.329. The Morgan fingerprint density at radius 3 is 2.42 bits per heavy atom. The minimum atomic E-state index is -0.558. The van der Waals surface area contributed by atoms with Gasteiger partial charge >= 0.3 is 11.2 Å². The molecule has 0 aliphatic carbocycles. The molecule has 0 spiro atoms. The average molecular weight is 413 g/mol. The minimum absolute atomic E-state index is 0.0354. The number of furan rings is 1. The molecule has 2 aromatic heterocycles. The summed E-state index contributed by atoms with van der Waals surface area (Å²) in [6, 6.07) is 21.7. The molecule has 0 saturated heterocycles. The Balaban J connectivity index is 1.86. The molecule has 0 aliphatic rings. The molecule has 0 bridgehead atoms. The third kappa shape index (κ3) is 3.01. The lowest BCUT2D eigenvalue weighted by atomic mass is 10.2. The van der Waals surface area contributed by atoms with Crippen molar-refractivity contribution >= 4 is 27.8 Å².